The van der Waals surface area contributed by atoms with Crippen molar-refractivity contribution in [2.24, 2.45) is 7.05 Å². The number of nitrogens with one attached hydrogen (secondary N) is 2. The van der Waals surface area contributed by atoms with Crippen LogP contribution >= 0.6 is 0 Å². The second-order valence-corrected chi connectivity index (χ2v) is 8.17. The van der Waals surface area contributed by atoms with Crippen LogP contribution in [0.4, 0.5) is 11.8 Å². The third kappa shape index (κ3) is 3.29. The Balaban J connectivity index is 1.57. The van der Waals surface area contributed by atoms with E-state index in [1.54, 1.807) is 17.1 Å². The zero-order chi connectivity index (χ0) is 22.4. The molecule has 4 aromatic heterocycles. The topological polar surface area (TPSA) is 106 Å². The van der Waals surface area contributed by atoms with Crippen molar-refractivity contribution < 1.29 is 0 Å². The Morgan fingerprint density at radius 1 is 1.06 bits per heavy atom. The average molecular weight is 438 g/mol. The summed E-state index contributed by atoms with van der Waals surface area (Å²) in [6.45, 7) is 0. The number of rotatable bonds is 4. The molecule has 0 bridgehead atoms. The van der Waals surface area contributed by atoms with E-state index in [2.05, 4.69) is 26.3 Å². The van der Waals surface area contributed by atoms with E-state index in [0.29, 0.717) is 28.8 Å². The largest absolute Gasteiger partial charge is 0.333 e. The minimum atomic E-state index is -0.178. The number of hydrogen-bond acceptors (Lipinski definition) is 6. The molecule has 5 aromatic rings. The van der Waals surface area contributed by atoms with Crippen LogP contribution in [0.25, 0.3) is 39.3 Å². The van der Waals surface area contributed by atoms with Crippen LogP contribution < -0.4 is 10.9 Å². The molecule has 9 nitrogen and oxygen atoms in total. The Morgan fingerprint density at radius 3 is 2.82 bits per heavy atom. The Kier molecular flexibility index (Phi) is 4.53. The zero-order valence-corrected chi connectivity index (χ0v) is 18.1. The summed E-state index contributed by atoms with van der Waals surface area (Å²) in [6, 6.07) is 11.4. The molecule has 2 N–H and O–H groups in total. The van der Waals surface area contributed by atoms with Crippen molar-refractivity contribution in [3.8, 4) is 11.4 Å². The number of hydrogen-bond donors (Lipinski definition) is 2. The number of nitrogens with zero attached hydrogens (tertiary/aromatic N) is 6. The van der Waals surface area contributed by atoms with Gasteiger partial charge in [-0.3, -0.25) is 4.79 Å². The van der Waals surface area contributed by atoms with Crippen LogP contribution in [0.2, 0.25) is 0 Å². The highest BCUT2D eigenvalue weighted by Crippen LogP contribution is 2.29. The standard InChI is InChI=1S/C24H22N8O/c1-31-14-26-17-11-7-10-16(20(17)31)21-28-19-22(29-21)30-24(27-18-12-5-6-13-25-18)32(23(19)33)15-8-3-2-4-9-15/h5-8,10-14H,2-4,9H2,1H3,(H,28,29)(H,25,27,30). The predicted molar refractivity (Wildman–Crippen MR) is 128 cm³/mol. The minimum Gasteiger partial charge on any atom is -0.333 e. The number of aryl methyl sites for hydroxylation is 1. The molecule has 164 valence electrons. The van der Waals surface area contributed by atoms with E-state index in [0.717, 1.165) is 48.0 Å². The lowest BCUT2D eigenvalue weighted by Gasteiger charge is -2.18. The maximum Gasteiger partial charge on any atom is 0.285 e. The van der Waals surface area contributed by atoms with E-state index in [9.17, 15) is 4.79 Å². The summed E-state index contributed by atoms with van der Waals surface area (Å²) in [5.41, 5.74) is 4.19. The van der Waals surface area contributed by atoms with Crippen LogP contribution in [0.1, 0.15) is 25.7 Å². The fourth-order valence-corrected chi connectivity index (χ4v) is 4.41. The first-order chi connectivity index (χ1) is 16.2. The number of aromatic nitrogens is 7. The molecule has 4 heterocycles. The molecule has 1 aromatic carbocycles. The summed E-state index contributed by atoms with van der Waals surface area (Å²) in [7, 11) is 1.94. The summed E-state index contributed by atoms with van der Waals surface area (Å²) < 4.78 is 3.60. The van der Waals surface area contributed by atoms with Crippen LogP contribution in [0.15, 0.2) is 59.8 Å². The number of anilines is 2. The van der Waals surface area contributed by atoms with Crippen LogP contribution in [-0.2, 0) is 7.05 Å². The highest BCUT2D eigenvalue weighted by Gasteiger charge is 2.20. The normalized spacial score (nSPS) is 14.0. The molecule has 33 heavy (non-hydrogen) atoms. The lowest BCUT2D eigenvalue weighted by atomic mass is 10.0. The number of aromatic amines is 1. The van der Waals surface area contributed by atoms with E-state index in [4.69, 9.17) is 9.97 Å². The summed E-state index contributed by atoms with van der Waals surface area (Å²) in [4.78, 5) is 35.2. The Morgan fingerprint density at radius 2 is 2.00 bits per heavy atom. The maximum atomic E-state index is 13.7. The van der Waals surface area contributed by atoms with Crippen LogP contribution in [0.3, 0.4) is 0 Å². The average Bonchev–Trinajstić information content (AvgIpc) is 3.45. The highest BCUT2D eigenvalue weighted by molar-refractivity contribution is 5.92. The molecule has 6 rings (SSSR count). The van der Waals surface area contributed by atoms with Gasteiger partial charge in [0.05, 0.1) is 17.4 Å². The molecule has 1 aliphatic carbocycles. The molecular formula is C24H22N8O. The Labute approximate surface area is 188 Å². The smallest absolute Gasteiger partial charge is 0.285 e. The summed E-state index contributed by atoms with van der Waals surface area (Å²) in [5.74, 6) is 1.61. The number of pyridine rings is 1. The van der Waals surface area contributed by atoms with Crippen molar-refractivity contribution in [3.63, 3.8) is 0 Å². The number of fused-ring (bicyclic) bond motifs is 2. The van der Waals surface area contributed by atoms with Gasteiger partial charge in [-0.25, -0.2) is 19.5 Å². The van der Waals surface area contributed by atoms with E-state index in [1.165, 1.54) is 0 Å². The van der Waals surface area contributed by atoms with Crippen molar-refractivity contribution in [3.05, 3.63) is 65.4 Å². The van der Waals surface area contributed by atoms with Gasteiger partial charge in [0.2, 0.25) is 5.95 Å². The molecule has 0 aliphatic heterocycles. The lowest BCUT2D eigenvalue weighted by Crippen LogP contribution is -2.24. The first kappa shape index (κ1) is 19.4. The summed E-state index contributed by atoms with van der Waals surface area (Å²) in [5, 5.41) is 3.22. The zero-order valence-electron chi connectivity index (χ0n) is 18.1. The van der Waals surface area contributed by atoms with E-state index in [1.807, 2.05) is 48.0 Å². The van der Waals surface area contributed by atoms with Crippen molar-refractivity contribution in [1.29, 1.82) is 0 Å². The monoisotopic (exact) mass is 438 g/mol. The summed E-state index contributed by atoms with van der Waals surface area (Å²) in [6.07, 6.45) is 9.52. The molecule has 0 saturated heterocycles. The third-order valence-corrected chi connectivity index (χ3v) is 5.98. The van der Waals surface area contributed by atoms with Gasteiger partial charge in [-0.15, -0.1) is 0 Å². The van der Waals surface area contributed by atoms with Crippen molar-refractivity contribution in [2.75, 3.05) is 5.32 Å². The molecule has 0 atom stereocenters. The Bertz CT molecular complexity index is 1580. The Hall–Kier alpha value is -4.27. The SMILES string of the molecule is Cn1cnc2cccc(-c3nc4nc(Nc5ccccn5)n(C5=CCCCC5)c(=O)c4[nH]3)c21. The lowest BCUT2D eigenvalue weighted by molar-refractivity contribution is 0.712. The van der Waals surface area contributed by atoms with Crippen LogP contribution in [0, 0.1) is 0 Å². The quantitative estimate of drug-likeness (QED) is 0.435. The molecule has 0 unspecified atom stereocenters. The van der Waals surface area contributed by atoms with Gasteiger partial charge in [0.15, 0.2) is 11.2 Å². The number of benzene rings is 1. The molecule has 0 fully saturated rings. The van der Waals surface area contributed by atoms with Crippen molar-refractivity contribution in [2.45, 2.75) is 25.7 Å². The number of para-hydroxylation sites is 1. The van der Waals surface area contributed by atoms with E-state index < -0.39 is 0 Å². The second kappa shape index (κ2) is 7.70. The predicted octanol–water partition coefficient (Wildman–Crippen LogP) is 4.23. The second-order valence-electron chi connectivity index (χ2n) is 8.17. The number of H-pyrrole nitrogens is 1. The molecule has 0 radical (unpaired) electrons. The van der Waals surface area contributed by atoms with Crippen molar-refractivity contribution >= 4 is 39.7 Å². The van der Waals surface area contributed by atoms with E-state index in [-0.39, 0.29) is 5.56 Å². The fraction of sp³-hybridized carbons (Fsp3) is 0.208. The molecule has 0 saturated carbocycles. The molecular weight excluding hydrogens is 416 g/mol. The highest BCUT2D eigenvalue weighted by atomic mass is 16.1. The van der Waals surface area contributed by atoms with Gasteiger partial charge < -0.3 is 14.9 Å². The maximum absolute atomic E-state index is 13.7. The van der Waals surface area contributed by atoms with Gasteiger partial charge >= 0.3 is 0 Å². The van der Waals surface area contributed by atoms with Gasteiger partial charge in [0.25, 0.3) is 5.56 Å². The minimum absolute atomic E-state index is 0.178. The van der Waals surface area contributed by atoms with E-state index >= 15 is 0 Å². The molecule has 0 amide bonds. The first-order valence-electron chi connectivity index (χ1n) is 11.0. The summed E-state index contributed by atoms with van der Waals surface area (Å²) >= 11 is 0. The van der Waals surface area contributed by atoms with Gasteiger partial charge in [-0.05, 0) is 49.9 Å². The number of imidazole rings is 2. The third-order valence-electron chi connectivity index (χ3n) is 5.98. The molecule has 9 heteroatoms. The fourth-order valence-electron chi connectivity index (χ4n) is 4.41. The van der Waals surface area contributed by atoms with Gasteiger partial charge in [-0.1, -0.05) is 18.2 Å². The molecule has 1 aliphatic rings. The van der Waals surface area contributed by atoms with Gasteiger partial charge in [0.1, 0.15) is 11.6 Å². The van der Waals surface area contributed by atoms with Gasteiger partial charge in [-0.2, -0.15) is 4.98 Å². The van der Waals surface area contributed by atoms with Crippen LogP contribution in [-0.4, -0.2) is 34.1 Å². The van der Waals surface area contributed by atoms with Gasteiger partial charge in [0, 0.05) is 24.5 Å². The molecule has 0 spiro atoms. The number of allylic oxidation sites excluding steroid dienone is 2. The van der Waals surface area contributed by atoms with Crippen LogP contribution in [0.5, 0.6) is 0 Å². The first-order valence-corrected chi connectivity index (χ1v) is 11.0. The van der Waals surface area contributed by atoms with Crippen molar-refractivity contribution in [1.82, 2.24) is 34.1 Å².